The zero-order valence-electron chi connectivity index (χ0n) is 19.5. The SMILES string of the molecule is CCCNC(=O)[C@@H](CC)N(Cc1c(Cl)cccc1Cl)C(=O)CN(c1cc(Cl)ccc1Cl)S(C)(=O)=O. The maximum absolute atomic E-state index is 13.7. The zero-order valence-corrected chi connectivity index (χ0v) is 23.4. The number of rotatable bonds is 11. The van der Waals surface area contributed by atoms with Crippen LogP contribution >= 0.6 is 46.4 Å². The first kappa shape index (κ1) is 29.5. The number of halogens is 4. The Labute approximate surface area is 226 Å². The summed E-state index contributed by atoms with van der Waals surface area (Å²) >= 11 is 25.0. The highest BCUT2D eigenvalue weighted by atomic mass is 35.5. The molecule has 192 valence electrons. The molecule has 0 bridgehead atoms. The lowest BCUT2D eigenvalue weighted by Crippen LogP contribution is -2.52. The van der Waals surface area contributed by atoms with Gasteiger partial charge in [0.25, 0.3) is 0 Å². The summed E-state index contributed by atoms with van der Waals surface area (Å²) in [6.07, 6.45) is 1.94. The second kappa shape index (κ2) is 13.0. The summed E-state index contributed by atoms with van der Waals surface area (Å²) in [5.74, 6) is -1.00. The number of amides is 2. The van der Waals surface area contributed by atoms with E-state index in [-0.39, 0.29) is 34.6 Å². The predicted octanol–water partition coefficient (Wildman–Crippen LogP) is 5.40. The molecule has 1 atom stereocenters. The first-order valence-electron chi connectivity index (χ1n) is 10.8. The monoisotopic (exact) mass is 581 g/mol. The van der Waals surface area contributed by atoms with Crippen LogP contribution in [0.25, 0.3) is 0 Å². The first-order valence-corrected chi connectivity index (χ1v) is 14.2. The van der Waals surface area contributed by atoms with Crippen LogP contribution in [0.2, 0.25) is 20.1 Å². The van der Waals surface area contributed by atoms with Gasteiger partial charge < -0.3 is 10.2 Å². The molecule has 7 nitrogen and oxygen atoms in total. The van der Waals surface area contributed by atoms with E-state index in [4.69, 9.17) is 46.4 Å². The normalized spacial score (nSPS) is 12.2. The van der Waals surface area contributed by atoms with Crippen molar-refractivity contribution >= 4 is 73.9 Å². The number of sulfonamides is 1. The smallest absolute Gasteiger partial charge is 0.244 e. The third-order valence-corrected chi connectivity index (χ3v) is 7.57. The van der Waals surface area contributed by atoms with Gasteiger partial charge in [0.1, 0.15) is 12.6 Å². The summed E-state index contributed by atoms with van der Waals surface area (Å²) in [6, 6.07) is 8.33. The van der Waals surface area contributed by atoms with Gasteiger partial charge in [0.05, 0.1) is 17.0 Å². The molecule has 0 aromatic heterocycles. The van der Waals surface area contributed by atoms with Crippen molar-refractivity contribution in [3.8, 4) is 0 Å². The number of hydrogen-bond donors (Lipinski definition) is 1. The molecule has 12 heteroatoms. The summed E-state index contributed by atoms with van der Waals surface area (Å²) in [7, 11) is -3.95. The Morgan fingerprint density at radius 3 is 2.17 bits per heavy atom. The van der Waals surface area contributed by atoms with Crippen LogP contribution in [-0.2, 0) is 26.2 Å². The van der Waals surface area contributed by atoms with E-state index in [1.165, 1.54) is 23.1 Å². The molecule has 2 amide bonds. The van der Waals surface area contributed by atoms with Crippen LogP contribution in [-0.4, -0.2) is 50.5 Å². The van der Waals surface area contributed by atoms with Crippen LogP contribution in [0.1, 0.15) is 32.3 Å². The van der Waals surface area contributed by atoms with Crippen molar-refractivity contribution in [2.24, 2.45) is 0 Å². The Bertz CT molecular complexity index is 1160. The molecule has 0 heterocycles. The highest BCUT2D eigenvalue weighted by molar-refractivity contribution is 7.92. The Kier molecular flexibility index (Phi) is 11.0. The van der Waals surface area contributed by atoms with Crippen molar-refractivity contribution in [1.29, 1.82) is 0 Å². The van der Waals surface area contributed by atoms with Gasteiger partial charge in [-0.3, -0.25) is 13.9 Å². The lowest BCUT2D eigenvalue weighted by molar-refractivity contribution is -0.140. The molecule has 0 saturated heterocycles. The zero-order chi connectivity index (χ0) is 26.3. The molecule has 0 saturated carbocycles. The summed E-state index contributed by atoms with van der Waals surface area (Å²) < 4.78 is 26.2. The Morgan fingerprint density at radius 1 is 1.00 bits per heavy atom. The molecule has 2 aromatic carbocycles. The van der Waals surface area contributed by atoms with Crippen LogP contribution < -0.4 is 9.62 Å². The minimum atomic E-state index is -3.95. The lowest BCUT2D eigenvalue weighted by Gasteiger charge is -2.33. The predicted molar refractivity (Wildman–Crippen MR) is 143 cm³/mol. The summed E-state index contributed by atoms with van der Waals surface area (Å²) in [5, 5.41) is 3.77. The third kappa shape index (κ3) is 7.89. The van der Waals surface area contributed by atoms with Crippen LogP contribution in [0.5, 0.6) is 0 Å². The first-order chi connectivity index (χ1) is 16.4. The van der Waals surface area contributed by atoms with Gasteiger partial charge in [-0.05, 0) is 43.2 Å². The third-order valence-electron chi connectivity index (χ3n) is 5.18. The van der Waals surface area contributed by atoms with Crippen LogP contribution in [0.15, 0.2) is 36.4 Å². The molecule has 0 radical (unpaired) electrons. The molecular weight excluding hydrogens is 556 g/mol. The van der Waals surface area contributed by atoms with Crippen molar-refractivity contribution in [2.75, 3.05) is 23.7 Å². The van der Waals surface area contributed by atoms with Crippen molar-refractivity contribution in [2.45, 2.75) is 39.3 Å². The molecule has 0 fully saturated rings. The molecule has 1 N–H and O–H groups in total. The number of benzene rings is 2. The summed E-state index contributed by atoms with van der Waals surface area (Å²) in [6.45, 7) is 3.38. The average Bonchev–Trinajstić information content (AvgIpc) is 2.78. The van der Waals surface area contributed by atoms with Gasteiger partial charge in [0.15, 0.2) is 0 Å². The van der Waals surface area contributed by atoms with Gasteiger partial charge in [-0.1, -0.05) is 66.3 Å². The number of nitrogens with zero attached hydrogens (tertiary/aromatic N) is 2. The number of carbonyl (C=O) groups is 2. The number of hydrogen-bond acceptors (Lipinski definition) is 4. The Balaban J connectivity index is 2.53. The fraction of sp³-hybridized carbons (Fsp3) is 0.391. The van der Waals surface area contributed by atoms with Gasteiger partial charge in [-0.2, -0.15) is 0 Å². The summed E-state index contributed by atoms with van der Waals surface area (Å²) in [4.78, 5) is 27.9. The van der Waals surface area contributed by atoms with Crippen molar-refractivity contribution in [1.82, 2.24) is 10.2 Å². The molecule has 35 heavy (non-hydrogen) atoms. The van der Waals surface area contributed by atoms with E-state index < -0.39 is 28.5 Å². The van der Waals surface area contributed by atoms with E-state index in [1.54, 1.807) is 25.1 Å². The minimum absolute atomic E-state index is 0.0502. The van der Waals surface area contributed by atoms with E-state index in [2.05, 4.69) is 5.32 Å². The van der Waals surface area contributed by atoms with E-state index in [1.807, 2.05) is 6.92 Å². The van der Waals surface area contributed by atoms with Crippen LogP contribution in [0, 0.1) is 0 Å². The molecule has 0 unspecified atom stereocenters. The molecule has 0 aliphatic heterocycles. The van der Waals surface area contributed by atoms with Crippen LogP contribution in [0.4, 0.5) is 5.69 Å². The van der Waals surface area contributed by atoms with E-state index in [0.29, 0.717) is 28.6 Å². The largest absolute Gasteiger partial charge is 0.354 e. The van der Waals surface area contributed by atoms with Gasteiger partial charge in [-0.25, -0.2) is 8.42 Å². The van der Waals surface area contributed by atoms with E-state index >= 15 is 0 Å². The fourth-order valence-electron chi connectivity index (χ4n) is 3.41. The average molecular weight is 583 g/mol. The molecule has 2 rings (SSSR count). The fourth-order valence-corrected chi connectivity index (χ4v) is 5.22. The van der Waals surface area contributed by atoms with E-state index in [0.717, 1.165) is 10.6 Å². The number of anilines is 1. The quantitative estimate of drug-likeness (QED) is 0.384. The number of carbonyl (C=O) groups excluding carboxylic acids is 2. The van der Waals surface area contributed by atoms with Crippen molar-refractivity contribution in [3.05, 3.63) is 62.1 Å². The standard InChI is InChI=1S/C23H27Cl4N3O4S/c1-4-11-28-23(32)20(5-2)29(13-16-17(25)7-6-8-18(16)26)22(31)14-30(35(3,33)34)21-12-15(24)9-10-19(21)27/h6-10,12,20H,4-5,11,13-14H2,1-3H3,(H,28,32)/t20-/m1/s1. The van der Waals surface area contributed by atoms with E-state index in [9.17, 15) is 18.0 Å². The molecule has 2 aromatic rings. The van der Waals surface area contributed by atoms with Gasteiger partial charge in [-0.15, -0.1) is 0 Å². The van der Waals surface area contributed by atoms with Crippen molar-refractivity contribution < 1.29 is 18.0 Å². The topological polar surface area (TPSA) is 86.8 Å². The summed E-state index contributed by atoms with van der Waals surface area (Å²) in [5.41, 5.74) is 0.492. The maximum atomic E-state index is 13.7. The highest BCUT2D eigenvalue weighted by Crippen LogP contribution is 2.31. The molecule has 0 aliphatic rings. The van der Waals surface area contributed by atoms with Gasteiger partial charge in [0, 0.05) is 33.7 Å². The highest BCUT2D eigenvalue weighted by Gasteiger charge is 2.33. The minimum Gasteiger partial charge on any atom is -0.354 e. The van der Waals surface area contributed by atoms with Crippen molar-refractivity contribution in [3.63, 3.8) is 0 Å². The number of nitrogens with one attached hydrogen (secondary N) is 1. The van der Waals surface area contributed by atoms with Crippen LogP contribution in [0.3, 0.4) is 0 Å². The second-order valence-electron chi connectivity index (χ2n) is 7.80. The van der Waals surface area contributed by atoms with Gasteiger partial charge >= 0.3 is 0 Å². The molecular formula is C23H27Cl4N3O4S. The Hall–Kier alpha value is -1.71. The molecule has 0 aliphatic carbocycles. The molecule has 0 spiro atoms. The second-order valence-corrected chi connectivity index (χ2v) is 11.4. The maximum Gasteiger partial charge on any atom is 0.244 e. The lowest BCUT2D eigenvalue weighted by atomic mass is 10.1. The Morgan fingerprint density at radius 2 is 1.63 bits per heavy atom. The van der Waals surface area contributed by atoms with Gasteiger partial charge in [0.2, 0.25) is 21.8 Å².